The van der Waals surface area contributed by atoms with Crippen LogP contribution < -0.4 is 5.32 Å². The van der Waals surface area contributed by atoms with Gasteiger partial charge in [0.25, 0.3) is 0 Å². The standard InChI is InChI=1S/C10H22N2O/c1-10(2,8-13)12(3)9-4-6-11-7-5-9/h9,11,13H,4-8H2,1-3H3. The Bertz CT molecular complexity index is 153. The molecule has 0 unspecified atom stereocenters. The van der Waals surface area contributed by atoms with Crippen LogP contribution in [-0.4, -0.2) is 48.3 Å². The van der Waals surface area contributed by atoms with Gasteiger partial charge in [-0.3, -0.25) is 4.90 Å². The summed E-state index contributed by atoms with van der Waals surface area (Å²) in [4.78, 5) is 2.31. The number of aliphatic hydroxyl groups is 1. The predicted octanol–water partition coefficient (Wildman–Crippen LogP) is 0.441. The second kappa shape index (κ2) is 4.40. The van der Waals surface area contributed by atoms with Gasteiger partial charge in [0.05, 0.1) is 6.61 Å². The average Bonchev–Trinajstić information content (AvgIpc) is 2.18. The van der Waals surface area contributed by atoms with Gasteiger partial charge in [-0.15, -0.1) is 0 Å². The molecule has 2 N–H and O–H groups in total. The first-order chi connectivity index (χ1) is 6.08. The van der Waals surface area contributed by atoms with Crippen LogP contribution in [0.5, 0.6) is 0 Å². The minimum Gasteiger partial charge on any atom is -0.394 e. The van der Waals surface area contributed by atoms with Gasteiger partial charge in [0, 0.05) is 11.6 Å². The summed E-state index contributed by atoms with van der Waals surface area (Å²) in [6.07, 6.45) is 2.39. The van der Waals surface area contributed by atoms with Crippen molar-refractivity contribution in [3.8, 4) is 0 Å². The smallest absolute Gasteiger partial charge is 0.0610 e. The van der Waals surface area contributed by atoms with Crippen LogP contribution in [0, 0.1) is 0 Å². The van der Waals surface area contributed by atoms with Crippen molar-refractivity contribution in [2.24, 2.45) is 0 Å². The summed E-state index contributed by atoms with van der Waals surface area (Å²) in [6.45, 7) is 6.63. The van der Waals surface area contributed by atoms with Crippen molar-refractivity contribution >= 4 is 0 Å². The van der Waals surface area contributed by atoms with Crippen LogP contribution in [0.1, 0.15) is 26.7 Å². The van der Waals surface area contributed by atoms with E-state index >= 15 is 0 Å². The lowest BCUT2D eigenvalue weighted by atomic mass is 9.97. The van der Waals surface area contributed by atoms with Gasteiger partial charge in [-0.1, -0.05) is 0 Å². The van der Waals surface area contributed by atoms with Gasteiger partial charge < -0.3 is 10.4 Å². The van der Waals surface area contributed by atoms with E-state index in [2.05, 4.69) is 31.1 Å². The summed E-state index contributed by atoms with van der Waals surface area (Å²) in [7, 11) is 2.12. The molecule has 1 fully saturated rings. The second-order valence-corrected chi connectivity index (χ2v) is 4.56. The van der Waals surface area contributed by atoms with Gasteiger partial charge in [-0.2, -0.15) is 0 Å². The Kier molecular flexibility index (Phi) is 3.71. The molecule has 0 aliphatic carbocycles. The molecule has 0 aromatic carbocycles. The normalized spacial score (nSPS) is 21.0. The fraction of sp³-hybridized carbons (Fsp3) is 1.00. The highest BCUT2D eigenvalue weighted by atomic mass is 16.3. The lowest BCUT2D eigenvalue weighted by Crippen LogP contribution is -2.52. The van der Waals surface area contributed by atoms with Gasteiger partial charge in [-0.25, -0.2) is 0 Å². The second-order valence-electron chi connectivity index (χ2n) is 4.56. The summed E-state index contributed by atoms with van der Waals surface area (Å²) in [5.74, 6) is 0. The molecule has 1 aliphatic rings. The number of nitrogens with zero attached hydrogens (tertiary/aromatic N) is 1. The zero-order valence-corrected chi connectivity index (χ0v) is 9.01. The molecule has 0 amide bonds. The van der Waals surface area contributed by atoms with Crippen molar-refractivity contribution < 1.29 is 5.11 Å². The Labute approximate surface area is 81.1 Å². The molecule has 0 aromatic rings. The topological polar surface area (TPSA) is 35.5 Å². The van der Waals surface area contributed by atoms with E-state index in [1.165, 1.54) is 12.8 Å². The molecule has 13 heavy (non-hydrogen) atoms. The number of hydrogen-bond donors (Lipinski definition) is 2. The summed E-state index contributed by atoms with van der Waals surface area (Å²) in [5.41, 5.74) is -0.0813. The number of nitrogens with one attached hydrogen (secondary N) is 1. The Balaban J connectivity index is 2.49. The third kappa shape index (κ3) is 2.66. The van der Waals surface area contributed by atoms with Gasteiger partial charge in [0.1, 0.15) is 0 Å². The van der Waals surface area contributed by atoms with Crippen LogP contribution in [0.15, 0.2) is 0 Å². The van der Waals surface area contributed by atoms with Crippen LogP contribution in [0.3, 0.4) is 0 Å². The summed E-state index contributed by atoms with van der Waals surface area (Å²) in [6, 6.07) is 0.628. The van der Waals surface area contributed by atoms with Gasteiger partial charge >= 0.3 is 0 Å². The molecule has 78 valence electrons. The molecule has 0 bridgehead atoms. The third-order valence-corrected chi connectivity index (χ3v) is 3.20. The minimum absolute atomic E-state index is 0.0813. The molecule has 3 nitrogen and oxygen atoms in total. The van der Waals surface area contributed by atoms with E-state index in [1.807, 2.05) is 0 Å². The molecule has 3 heteroatoms. The van der Waals surface area contributed by atoms with Crippen molar-refractivity contribution in [1.29, 1.82) is 0 Å². The van der Waals surface area contributed by atoms with E-state index in [1.54, 1.807) is 0 Å². The first-order valence-electron chi connectivity index (χ1n) is 5.12. The van der Waals surface area contributed by atoms with Crippen molar-refractivity contribution in [1.82, 2.24) is 10.2 Å². The van der Waals surface area contributed by atoms with Crippen LogP contribution in [0.2, 0.25) is 0 Å². The maximum absolute atomic E-state index is 9.24. The molecule has 1 aliphatic heterocycles. The van der Waals surface area contributed by atoms with Gasteiger partial charge in [0.2, 0.25) is 0 Å². The molecule has 0 radical (unpaired) electrons. The number of likely N-dealkylation sites (N-methyl/N-ethyl adjacent to an activating group) is 1. The lowest BCUT2D eigenvalue weighted by Gasteiger charge is -2.41. The Morgan fingerprint density at radius 3 is 2.38 bits per heavy atom. The number of rotatable bonds is 3. The zero-order chi connectivity index (χ0) is 9.90. The number of hydrogen-bond acceptors (Lipinski definition) is 3. The molecule has 0 saturated carbocycles. The largest absolute Gasteiger partial charge is 0.394 e. The minimum atomic E-state index is -0.0813. The van der Waals surface area contributed by atoms with E-state index in [0.717, 1.165) is 13.1 Å². The quantitative estimate of drug-likeness (QED) is 0.671. The van der Waals surface area contributed by atoms with E-state index in [-0.39, 0.29) is 12.1 Å². The molecule has 0 aromatic heterocycles. The molecule has 0 atom stereocenters. The Morgan fingerprint density at radius 1 is 1.38 bits per heavy atom. The molecular formula is C10H22N2O. The molecule has 1 rings (SSSR count). The van der Waals surface area contributed by atoms with Gasteiger partial charge in [0.15, 0.2) is 0 Å². The highest BCUT2D eigenvalue weighted by Gasteiger charge is 2.29. The molecule has 1 saturated heterocycles. The lowest BCUT2D eigenvalue weighted by molar-refractivity contribution is 0.0342. The fourth-order valence-corrected chi connectivity index (χ4v) is 1.80. The Morgan fingerprint density at radius 2 is 1.92 bits per heavy atom. The number of aliphatic hydroxyl groups excluding tert-OH is 1. The average molecular weight is 186 g/mol. The van der Waals surface area contributed by atoms with E-state index in [0.29, 0.717) is 6.04 Å². The highest BCUT2D eigenvalue weighted by molar-refractivity contribution is 4.86. The molecule has 0 spiro atoms. The van der Waals surface area contributed by atoms with E-state index in [9.17, 15) is 5.11 Å². The monoisotopic (exact) mass is 186 g/mol. The SMILES string of the molecule is CN(C1CCNCC1)C(C)(C)CO. The maximum Gasteiger partial charge on any atom is 0.0610 e. The first kappa shape index (κ1) is 11.0. The van der Waals surface area contributed by atoms with Crippen LogP contribution in [-0.2, 0) is 0 Å². The molecular weight excluding hydrogens is 164 g/mol. The first-order valence-corrected chi connectivity index (χ1v) is 5.12. The van der Waals surface area contributed by atoms with Gasteiger partial charge in [-0.05, 0) is 46.8 Å². The predicted molar refractivity (Wildman–Crippen MR) is 54.8 cm³/mol. The summed E-state index contributed by atoms with van der Waals surface area (Å²) < 4.78 is 0. The van der Waals surface area contributed by atoms with Crippen molar-refractivity contribution in [3.63, 3.8) is 0 Å². The summed E-state index contributed by atoms with van der Waals surface area (Å²) in [5, 5.41) is 12.6. The van der Waals surface area contributed by atoms with Crippen molar-refractivity contribution in [2.75, 3.05) is 26.7 Å². The zero-order valence-electron chi connectivity index (χ0n) is 9.01. The third-order valence-electron chi connectivity index (χ3n) is 3.20. The van der Waals surface area contributed by atoms with E-state index < -0.39 is 0 Å². The van der Waals surface area contributed by atoms with E-state index in [4.69, 9.17) is 0 Å². The maximum atomic E-state index is 9.24. The van der Waals surface area contributed by atoms with Crippen LogP contribution >= 0.6 is 0 Å². The van der Waals surface area contributed by atoms with Crippen LogP contribution in [0.4, 0.5) is 0 Å². The Hall–Kier alpha value is -0.120. The highest BCUT2D eigenvalue weighted by Crippen LogP contribution is 2.19. The molecule has 1 heterocycles. The fourth-order valence-electron chi connectivity index (χ4n) is 1.80. The van der Waals surface area contributed by atoms with Crippen molar-refractivity contribution in [2.45, 2.75) is 38.3 Å². The number of piperidine rings is 1. The van der Waals surface area contributed by atoms with Crippen LogP contribution in [0.25, 0.3) is 0 Å². The summed E-state index contributed by atoms with van der Waals surface area (Å²) >= 11 is 0. The van der Waals surface area contributed by atoms with Crippen molar-refractivity contribution in [3.05, 3.63) is 0 Å².